The van der Waals surface area contributed by atoms with Crippen molar-refractivity contribution < 1.29 is 14.3 Å². The molecule has 0 saturated carbocycles. The predicted molar refractivity (Wildman–Crippen MR) is 111 cm³/mol. The van der Waals surface area contributed by atoms with E-state index in [0.29, 0.717) is 5.69 Å². The quantitative estimate of drug-likeness (QED) is 0.624. The summed E-state index contributed by atoms with van der Waals surface area (Å²) in [7, 11) is 3.27. The van der Waals surface area contributed by atoms with E-state index < -0.39 is 11.9 Å². The van der Waals surface area contributed by atoms with Crippen molar-refractivity contribution in [3.05, 3.63) is 83.9 Å². The third-order valence-electron chi connectivity index (χ3n) is 4.49. The maximum atomic E-state index is 12.5. The summed E-state index contributed by atoms with van der Waals surface area (Å²) in [6.45, 7) is 0.809. The summed E-state index contributed by atoms with van der Waals surface area (Å²) >= 11 is 0. The van der Waals surface area contributed by atoms with Gasteiger partial charge in [-0.2, -0.15) is 0 Å². The first-order chi connectivity index (χ1) is 14.1. The summed E-state index contributed by atoms with van der Waals surface area (Å²) in [6, 6.07) is 14.2. The zero-order valence-electron chi connectivity index (χ0n) is 16.3. The Morgan fingerprint density at radius 2 is 1.83 bits per heavy atom. The Bertz CT molecular complexity index is 975. The van der Waals surface area contributed by atoms with Crippen LogP contribution in [0.3, 0.4) is 0 Å². The molecule has 0 aliphatic rings. The molecule has 0 fully saturated rings. The van der Waals surface area contributed by atoms with E-state index in [0.717, 1.165) is 18.7 Å². The number of carbonyl (C=O) groups excluding carboxylic acids is 2. The number of likely N-dealkylation sites (N-methyl/N-ethyl adjacent to an activating group) is 1. The fourth-order valence-electron chi connectivity index (χ4n) is 2.79. The summed E-state index contributed by atoms with van der Waals surface area (Å²) in [5.41, 5.74) is 3.04. The molecule has 0 bridgehead atoms. The number of rotatable bonds is 7. The van der Waals surface area contributed by atoms with Gasteiger partial charge >= 0.3 is 5.97 Å². The highest BCUT2D eigenvalue weighted by Crippen LogP contribution is 2.18. The topological polar surface area (TPSA) is 84.4 Å². The second-order valence-electron chi connectivity index (χ2n) is 6.42. The normalized spacial score (nSPS) is 10.3. The summed E-state index contributed by atoms with van der Waals surface area (Å²) in [6.07, 6.45) is 6.10. The number of nitrogens with zero attached hydrogens (tertiary/aromatic N) is 3. The highest BCUT2D eigenvalue weighted by atomic mass is 16.5. The molecule has 0 radical (unpaired) electrons. The van der Waals surface area contributed by atoms with E-state index in [1.165, 1.54) is 12.7 Å². The summed E-state index contributed by atoms with van der Waals surface area (Å²) < 4.78 is 4.75. The molecule has 2 aromatic heterocycles. The Balaban J connectivity index is 1.64. The third-order valence-corrected chi connectivity index (χ3v) is 4.49. The summed E-state index contributed by atoms with van der Waals surface area (Å²) in [5, 5.41) is 2.72. The molecule has 0 aliphatic carbocycles. The molecule has 29 heavy (non-hydrogen) atoms. The first-order valence-corrected chi connectivity index (χ1v) is 9.13. The Hall–Kier alpha value is -3.74. The van der Waals surface area contributed by atoms with Gasteiger partial charge in [0.25, 0.3) is 5.91 Å². The van der Waals surface area contributed by atoms with Crippen molar-refractivity contribution in [1.82, 2.24) is 9.97 Å². The van der Waals surface area contributed by atoms with Gasteiger partial charge in [-0.3, -0.25) is 9.78 Å². The SMILES string of the molecule is COC(=O)c1ccccc1NC(=O)c1ccc(N(C)CCc2ccncc2)cn1. The van der Waals surface area contributed by atoms with Crippen LogP contribution >= 0.6 is 0 Å². The van der Waals surface area contributed by atoms with Crippen molar-refractivity contribution in [2.45, 2.75) is 6.42 Å². The van der Waals surface area contributed by atoms with Crippen LogP contribution in [-0.4, -0.2) is 42.5 Å². The van der Waals surface area contributed by atoms with Crippen LogP contribution in [0.4, 0.5) is 11.4 Å². The minimum atomic E-state index is -0.514. The standard InChI is InChI=1S/C22H22N4O3/c1-26(14-11-16-9-12-23-13-10-16)17-7-8-20(24-15-17)21(27)25-19-6-4-3-5-18(19)22(28)29-2/h3-10,12-13,15H,11,14H2,1-2H3,(H,25,27). The van der Waals surface area contributed by atoms with E-state index in [-0.39, 0.29) is 11.3 Å². The number of carbonyl (C=O) groups is 2. The Kier molecular flexibility index (Phi) is 6.52. The largest absolute Gasteiger partial charge is 0.465 e. The number of hydrogen-bond donors (Lipinski definition) is 1. The molecule has 0 unspecified atom stereocenters. The van der Waals surface area contributed by atoms with Crippen LogP contribution in [0, 0.1) is 0 Å². The number of anilines is 2. The smallest absolute Gasteiger partial charge is 0.339 e. The number of esters is 1. The monoisotopic (exact) mass is 390 g/mol. The van der Waals surface area contributed by atoms with Crippen LogP contribution in [0.2, 0.25) is 0 Å². The van der Waals surface area contributed by atoms with Gasteiger partial charge in [0.1, 0.15) is 5.69 Å². The van der Waals surface area contributed by atoms with E-state index in [2.05, 4.69) is 20.2 Å². The number of methoxy groups -OCH3 is 1. The molecular formula is C22H22N4O3. The molecule has 1 aromatic carbocycles. The molecule has 1 N–H and O–H groups in total. The van der Waals surface area contributed by atoms with E-state index in [1.54, 1.807) is 48.9 Å². The van der Waals surface area contributed by atoms with Crippen LogP contribution in [0.1, 0.15) is 26.4 Å². The van der Waals surface area contributed by atoms with Crippen molar-refractivity contribution in [3.8, 4) is 0 Å². The first kappa shape index (κ1) is 20.0. The molecule has 7 heteroatoms. The zero-order valence-corrected chi connectivity index (χ0v) is 16.3. The van der Waals surface area contributed by atoms with Crippen molar-refractivity contribution >= 4 is 23.3 Å². The van der Waals surface area contributed by atoms with Gasteiger partial charge in [-0.05, 0) is 48.4 Å². The summed E-state index contributed by atoms with van der Waals surface area (Å²) in [5.74, 6) is -0.910. The number of ether oxygens (including phenoxy) is 1. The molecule has 0 atom stereocenters. The van der Waals surface area contributed by atoms with Crippen LogP contribution in [-0.2, 0) is 11.2 Å². The van der Waals surface area contributed by atoms with Gasteiger partial charge in [0, 0.05) is 26.0 Å². The van der Waals surface area contributed by atoms with Crippen molar-refractivity contribution in [1.29, 1.82) is 0 Å². The predicted octanol–water partition coefficient (Wildman–Crippen LogP) is 3.19. The van der Waals surface area contributed by atoms with E-state index in [1.807, 2.05) is 25.2 Å². The number of para-hydroxylation sites is 1. The molecule has 1 amide bonds. The minimum Gasteiger partial charge on any atom is -0.465 e. The Labute approximate surface area is 169 Å². The third kappa shape index (κ3) is 5.16. The second-order valence-corrected chi connectivity index (χ2v) is 6.42. The number of hydrogen-bond acceptors (Lipinski definition) is 6. The van der Waals surface area contributed by atoms with Crippen molar-refractivity contribution in [3.63, 3.8) is 0 Å². The number of benzene rings is 1. The van der Waals surface area contributed by atoms with Gasteiger partial charge in [-0.1, -0.05) is 12.1 Å². The lowest BCUT2D eigenvalue weighted by molar-refractivity contribution is 0.0602. The number of nitrogens with one attached hydrogen (secondary N) is 1. The Morgan fingerprint density at radius 3 is 2.52 bits per heavy atom. The van der Waals surface area contributed by atoms with Gasteiger partial charge < -0.3 is 15.0 Å². The highest BCUT2D eigenvalue weighted by Gasteiger charge is 2.15. The molecule has 3 rings (SSSR count). The lowest BCUT2D eigenvalue weighted by Crippen LogP contribution is -2.21. The van der Waals surface area contributed by atoms with Crippen LogP contribution < -0.4 is 10.2 Å². The molecule has 0 saturated heterocycles. The number of pyridine rings is 2. The zero-order chi connectivity index (χ0) is 20.6. The molecule has 7 nitrogen and oxygen atoms in total. The maximum absolute atomic E-state index is 12.5. The lowest BCUT2D eigenvalue weighted by atomic mass is 10.1. The average molecular weight is 390 g/mol. The van der Waals surface area contributed by atoms with Gasteiger partial charge in [-0.15, -0.1) is 0 Å². The molecule has 2 heterocycles. The maximum Gasteiger partial charge on any atom is 0.339 e. The number of amides is 1. The van der Waals surface area contributed by atoms with E-state index in [9.17, 15) is 9.59 Å². The van der Waals surface area contributed by atoms with E-state index in [4.69, 9.17) is 4.74 Å². The second kappa shape index (κ2) is 9.45. The molecule has 0 aliphatic heterocycles. The van der Waals surface area contributed by atoms with Gasteiger partial charge in [0.15, 0.2) is 0 Å². The highest BCUT2D eigenvalue weighted by molar-refractivity contribution is 6.07. The number of aromatic nitrogens is 2. The molecular weight excluding hydrogens is 368 g/mol. The fraction of sp³-hybridized carbons (Fsp3) is 0.182. The summed E-state index contributed by atoms with van der Waals surface area (Å²) in [4.78, 5) is 34.7. The van der Waals surface area contributed by atoms with Crippen LogP contribution in [0.15, 0.2) is 67.1 Å². The fourth-order valence-corrected chi connectivity index (χ4v) is 2.79. The average Bonchev–Trinajstić information content (AvgIpc) is 2.78. The molecule has 0 spiro atoms. The minimum absolute atomic E-state index is 0.260. The van der Waals surface area contributed by atoms with Gasteiger partial charge in [0.05, 0.1) is 30.2 Å². The van der Waals surface area contributed by atoms with Crippen LogP contribution in [0.5, 0.6) is 0 Å². The Morgan fingerprint density at radius 1 is 1.07 bits per heavy atom. The van der Waals surface area contributed by atoms with E-state index >= 15 is 0 Å². The lowest BCUT2D eigenvalue weighted by Gasteiger charge is -2.19. The van der Waals surface area contributed by atoms with Gasteiger partial charge in [-0.25, -0.2) is 9.78 Å². The van der Waals surface area contributed by atoms with Crippen molar-refractivity contribution in [2.24, 2.45) is 0 Å². The molecule has 3 aromatic rings. The van der Waals surface area contributed by atoms with Crippen LogP contribution in [0.25, 0.3) is 0 Å². The first-order valence-electron chi connectivity index (χ1n) is 9.13. The van der Waals surface area contributed by atoms with Gasteiger partial charge in [0.2, 0.25) is 0 Å². The van der Waals surface area contributed by atoms with Crippen molar-refractivity contribution in [2.75, 3.05) is 30.9 Å². The molecule has 148 valence electrons.